The maximum atomic E-state index is 11.9. The number of carbonyl (C=O) groups is 1. The van der Waals surface area contributed by atoms with Crippen molar-refractivity contribution in [3.8, 4) is 5.75 Å². The van der Waals surface area contributed by atoms with Gasteiger partial charge in [0.25, 0.3) is 5.91 Å². The maximum Gasteiger partial charge on any atom is 0.277 e. The average Bonchev–Trinajstić information content (AvgIpc) is 2.59. The van der Waals surface area contributed by atoms with E-state index in [2.05, 4.69) is 10.5 Å². The fraction of sp³-hybridized carbons (Fsp3) is 0.300. The van der Waals surface area contributed by atoms with Crippen LogP contribution in [0.4, 0.5) is 5.69 Å². The maximum absolute atomic E-state index is 11.9. The fourth-order valence-corrected chi connectivity index (χ4v) is 2.35. The number of benzene rings is 2. The van der Waals surface area contributed by atoms with Gasteiger partial charge in [-0.3, -0.25) is 4.79 Å². The topological polar surface area (TPSA) is 53.9 Å². The van der Waals surface area contributed by atoms with Crippen LogP contribution in [0.1, 0.15) is 22.3 Å². The van der Waals surface area contributed by atoms with Crippen LogP contribution in [-0.4, -0.2) is 32.8 Å². The third-order valence-electron chi connectivity index (χ3n) is 4.03. The van der Waals surface area contributed by atoms with Gasteiger partial charge in [-0.15, -0.1) is 0 Å². The van der Waals surface area contributed by atoms with Crippen LogP contribution in [0.15, 0.2) is 41.5 Å². The third kappa shape index (κ3) is 5.08. The van der Waals surface area contributed by atoms with Crippen molar-refractivity contribution >= 4 is 17.8 Å². The molecule has 1 N–H and O–H groups in total. The molecule has 0 unspecified atom stereocenters. The Labute approximate surface area is 149 Å². The zero-order valence-electron chi connectivity index (χ0n) is 15.5. The average molecular weight is 339 g/mol. The van der Waals surface area contributed by atoms with Crippen molar-refractivity contribution in [1.29, 1.82) is 0 Å². The van der Waals surface area contributed by atoms with Crippen molar-refractivity contribution in [3.63, 3.8) is 0 Å². The number of anilines is 1. The Morgan fingerprint density at radius 1 is 1.08 bits per heavy atom. The molecule has 0 bridgehead atoms. The predicted molar refractivity (Wildman–Crippen MR) is 103 cm³/mol. The van der Waals surface area contributed by atoms with E-state index >= 15 is 0 Å². The standard InChI is InChI=1S/C20H25N3O2/c1-14-6-7-15(2)20(16(14)3)25-13-19(24)22-21-12-17-8-10-18(11-9-17)23(4)5/h6-12H,13H2,1-5H3,(H,22,24)/b21-12-. The lowest BCUT2D eigenvalue weighted by atomic mass is 10.1. The summed E-state index contributed by atoms with van der Waals surface area (Å²) in [5.41, 5.74) is 7.72. The van der Waals surface area contributed by atoms with E-state index in [4.69, 9.17) is 4.74 Å². The lowest BCUT2D eigenvalue weighted by molar-refractivity contribution is -0.123. The van der Waals surface area contributed by atoms with Crippen molar-refractivity contribution in [3.05, 3.63) is 58.7 Å². The lowest BCUT2D eigenvalue weighted by Gasteiger charge is -2.13. The molecular weight excluding hydrogens is 314 g/mol. The van der Waals surface area contributed by atoms with Gasteiger partial charge in [0.05, 0.1) is 6.21 Å². The monoisotopic (exact) mass is 339 g/mol. The molecule has 0 aromatic heterocycles. The molecule has 0 fully saturated rings. The van der Waals surface area contributed by atoms with Crippen molar-refractivity contribution in [1.82, 2.24) is 5.43 Å². The number of nitrogens with zero attached hydrogens (tertiary/aromatic N) is 2. The second-order valence-corrected chi connectivity index (χ2v) is 6.22. The van der Waals surface area contributed by atoms with E-state index in [1.807, 2.05) is 76.2 Å². The molecule has 0 aliphatic heterocycles. The summed E-state index contributed by atoms with van der Waals surface area (Å²) in [7, 11) is 3.97. The minimum absolute atomic E-state index is 0.0674. The molecule has 0 spiro atoms. The lowest BCUT2D eigenvalue weighted by Crippen LogP contribution is -2.25. The molecule has 0 heterocycles. The normalized spacial score (nSPS) is 10.8. The first-order chi connectivity index (χ1) is 11.9. The zero-order chi connectivity index (χ0) is 18.4. The first-order valence-corrected chi connectivity index (χ1v) is 8.17. The van der Waals surface area contributed by atoms with Gasteiger partial charge in [-0.2, -0.15) is 5.10 Å². The van der Waals surface area contributed by atoms with Crippen molar-refractivity contribution in [2.75, 3.05) is 25.6 Å². The molecule has 5 nitrogen and oxygen atoms in total. The number of hydrazone groups is 1. The van der Waals surface area contributed by atoms with Crippen LogP contribution < -0.4 is 15.1 Å². The number of hydrogen-bond acceptors (Lipinski definition) is 4. The van der Waals surface area contributed by atoms with Gasteiger partial charge in [-0.1, -0.05) is 24.3 Å². The number of nitrogens with one attached hydrogen (secondary N) is 1. The Hall–Kier alpha value is -2.82. The van der Waals surface area contributed by atoms with Crippen LogP contribution in [0.25, 0.3) is 0 Å². The predicted octanol–water partition coefficient (Wildman–Crippen LogP) is 3.21. The first kappa shape index (κ1) is 18.5. The van der Waals surface area contributed by atoms with Crippen LogP contribution in [0.3, 0.4) is 0 Å². The van der Waals surface area contributed by atoms with Gasteiger partial charge >= 0.3 is 0 Å². The third-order valence-corrected chi connectivity index (χ3v) is 4.03. The Morgan fingerprint density at radius 3 is 2.36 bits per heavy atom. The second kappa shape index (κ2) is 8.33. The van der Waals surface area contributed by atoms with E-state index in [0.29, 0.717) is 0 Å². The number of rotatable bonds is 6. The molecule has 25 heavy (non-hydrogen) atoms. The van der Waals surface area contributed by atoms with E-state index in [-0.39, 0.29) is 12.5 Å². The molecule has 132 valence electrons. The number of carbonyl (C=O) groups excluding carboxylic acids is 1. The van der Waals surface area contributed by atoms with Crippen LogP contribution in [0, 0.1) is 20.8 Å². The van der Waals surface area contributed by atoms with Gasteiger partial charge in [0, 0.05) is 19.8 Å². The summed E-state index contributed by atoms with van der Waals surface area (Å²) in [5.74, 6) is 0.472. The van der Waals surface area contributed by atoms with E-state index in [9.17, 15) is 4.79 Å². The Morgan fingerprint density at radius 2 is 1.72 bits per heavy atom. The van der Waals surface area contributed by atoms with Crippen molar-refractivity contribution in [2.24, 2.45) is 5.10 Å². The Balaban J connectivity index is 1.88. The number of ether oxygens (including phenoxy) is 1. The summed E-state index contributed by atoms with van der Waals surface area (Å²) < 4.78 is 5.66. The highest BCUT2D eigenvalue weighted by atomic mass is 16.5. The molecule has 0 saturated carbocycles. The summed E-state index contributed by atoms with van der Waals surface area (Å²) >= 11 is 0. The van der Waals surface area contributed by atoms with E-state index in [0.717, 1.165) is 33.7 Å². The van der Waals surface area contributed by atoms with E-state index < -0.39 is 0 Å². The second-order valence-electron chi connectivity index (χ2n) is 6.22. The summed E-state index contributed by atoms with van der Waals surface area (Å²) in [6, 6.07) is 11.9. The number of hydrogen-bond donors (Lipinski definition) is 1. The first-order valence-electron chi connectivity index (χ1n) is 8.17. The molecule has 0 atom stereocenters. The minimum Gasteiger partial charge on any atom is -0.483 e. The molecule has 5 heteroatoms. The molecular formula is C20H25N3O2. The van der Waals surface area contributed by atoms with Crippen molar-refractivity contribution in [2.45, 2.75) is 20.8 Å². The van der Waals surface area contributed by atoms with Gasteiger partial charge in [0.1, 0.15) is 5.75 Å². The van der Waals surface area contributed by atoms with Gasteiger partial charge in [-0.05, 0) is 55.2 Å². The summed E-state index contributed by atoms with van der Waals surface area (Å²) in [4.78, 5) is 13.9. The highest BCUT2D eigenvalue weighted by Crippen LogP contribution is 2.25. The number of amides is 1. The van der Waals surface area contributed by atoms with Crippen molar-refractivity contribution < 1.29 is 9.53 Å². The Bertz CT molecular complexity index is 765. The minimum atomic E-state index is -0.290. The summed E-state index contributed by atoms with van der Waals surface area (Å²) in [6.07, 6.45) is 1.61. The van der Waals surface area contributed by atoms with E-state index in [1.165, 1.54) is 0 Å². The van der Waals surface area contributed by atoms with Gasteiger partial charge in [-0.25, -0.2) is 5.43 Å². The van der Waals surface area contributed by atoms with Crippen LogP contribution in [0.2, 0.25) is 0 Å². The van der Waals surface area contributed by atoms with Gasteiger partial charge < -0.3 is 9.64 Å². The molecule has 0 saturated heterocycles. The largest absolute Gasteiger partial charge is 0.483 e. The molecule has 0 radical (unpaired) electrons. The number of aryl methyl sites for hydroxylation is 2. The zero-order valence-corrected chi connectivity index (χ0v) is 15.5. The summed E-state index contributed by atoms with van der Waals surface area (Å²) in [6.45, 7) is 5.91. The van der Waals surface area contributed by atoms with Gasteiger partial charge in [0.2, 0.25) is 0 Å². The highest BCUT2D eigenvalue weighted by molar-refractivity contribution is 5.83. The quantitative estimate of drug-likeness (QED) is 0.649. The molecule has 1 amide bonds. The molecule has 2 aromatic rings. The molecule has 2 aromatic carbocycles. The van der Waals surface area contributed by atoms with Crippen LogP contribution in [-0.2, 0) is 4.79 Å². The molecule has 2 rings (SSSR count). The fourth-order valence-electron chi connectivity index (χ4n) is 2.35. The smallest absolute Gasteiger partial charge is 0.277 e. The van der Waals surface area contributed by atoms with Crippen LogP contribution >= 0.6 is 0 Å². The van der Waals surface area contributed by atoms with Crippen LogP contribution in [0.5, 0.6) is 5.75 Å². The van der Waals surface area contributed by atoms with Gasteiger partial charge in [0.15, 0.2) is 6.61 Å². The summed E-state index contributed by atoms with van der Waals surface area (Å²) in [5, 5.41) is 3.97. The highest BCUT2D eigenvalue weighted by Gasteiger charge is 2.08. The molecule has 0 aliphatic rings. The molecule has 0 aliphatic carbocycles. The Kier molecular flexibility index (Phi) is 6.17. The SMILES string of the molecule is Cc1ccc(C)c(OCC(=O)N/N=C\c2ccc(N(C)C)cc2)c1C. The van der Waals surface area contributed by atoms with E-state index in [1.54, 1.807) is 6.21 Å².